The maximum absolute atomic E-state index is 13.0. The van der Waals surface area contributed by atoms with E-state index in [1.807, 2.05) is 12.1 Å². The predicted molar refractivity (Wildman–Crippen MR) is 111 cm³/mol. The minimum Gasteiger partial charge on any atom is -0.448 e. The lowest BCUT2D eigenvalue weighted by Crippen LogP contribution is -2.38. The number of fused-ring (bicyclic) bond motifs is 1. The molecule has 1 aliphatic heterocycles. The van der Waals surface area contributed by atoms with Crippen molar-refractivity contribution in [1.82, 2.24) is 15.1 Å². The van der Waals surface area contributed by atoms with E-state index in [2.05, 4.69) is 20.4 Å². The summed E-state index contributed by atoms with van der Waals surface area (Å²) < 4.78 is 18.3. The first-order valence-electron chi connectivity index (χ1n) is 9.97. The van der Waals surface area contributed by atoms with Gasteiger partial charge in [0.1, 0.15) is 12.4 Å². The second kappa shape index (κ2) is 9.04. The smallest absolute Gasteiger partial charge is 0.411 e. The molecule has 0 spiro atoms. The molecule has 1 saturated heterocycles. The van der Waals surface area contributed by atoms with Gasteiger partial charge in [0.15, 0.2) is 5.78 Å². The number of anilines is 1. The number of benzene rings is 2. The molecular weight excluding hydrogens is 387 g/mol. The average Bonchev–Trinajstić information content (AvgIpc) is 3.22. The topological polar surface area (TPSA) is 87.3 Å². The van der Waals surface area contributed by atoms with Gasteiger partial charge in [0, 0.05) is 29.1 Å². The zero-order valence-corrected chi connectivity index (χ0v) is 16.4. The van der Waals surface area contributed by atoms with Crippen molar-refractivity contribution in [2.45, 2.75) is 12.8 Å². The van der Waals surface area contributed by atoms with Gasteiger partial charge in [-0.15, -0.1) is 0 Å². The Morgan fingerprint density at radius 2 is 1.93 bits per heavy atom. The Balaban J connectivity index is 1.18. The van der Waals surface area contributed by atoms with Crippen molar-refractivity contribution in [2.75, 3.05) is 31.6 Å². The molecule has 0 radical (unpaired) electrons. The number of piperidine rings is 1. The average molecular weight is 410 g/mol. The number of halogens is 1. The highest BCUT2D eigenvalue weighted by Gasteiger charge is 2.25. The molecule has 8 heteroatoms. The van der Waals surface area contributed by atoms with Gasteiger partial charge in [0.2, 0.25) is 0 Å². The van der Waals surface area contributed by atoms with Gasteiger partial charge in [-0.1, -0.05) is 0 Å². The van der Waals surface area contributed by atoms with Crippen LogP contribution in [-0.2, 0) is 4.74 Å². The number of aromatic nitrogens is 2. The quantitative estimate of drug-likeness (QED) is 0.603. The Morgan fingerprint density at radius 3 is 2.70 bits per heavy atom. The summed E-state index contributed by atoms with van der Waals surface area (Å²) in [6, 6.07) is 11.2. The van der Waals surface area contributed by atoms with E-state index in [-0.39, 0.29) is 24.1 Å². The molecule has 0 atom stereocenters. The molecule has 2 aromatic carbocycles. The third-order valence-corrected chi connectivity index (χ3v) is 5.41. The van der Waals surface area contributed by atoms with Gasteiger partial charge in [0.05, 0.1) is 11.7 Å². The second-order valence-electron chi connectivity index (χ2n) is 7.42. The van der Waals surface area contributed by atoms with E-state index in [0.717, 1.165) is 36.8 Å². The number of Topliss-reactive ketones (excluding diaryl/α,β-unsaturated/α-hetero) is 1. The van der Waals surface area contributed by atoms with Gasteiger partial charge in [-0.05, 0) is 68.4 Å². The Morgan fingerprint density at radius 1 is 1.17 bits per heavy atom. The zero-order chi connectivity index (χ0) is 20.9. The van der Waals surface area contributed by atoms with Crippen LogP contribution in [0, 0.1) is 11.7 Å². The molecule has 4 rings (SSSR count). The first-order valence-corrected chi connectivity index (χ1v) is 9.97. The Labute approximate surface area is 173 Å². The number of ketones is 1. The van der Waals surface area contributed by atoms with Crippen LogP contribution in [0.25, 0.3) is 10.9 Å². The van der Waals surface area contributed by atoms with Crippen molar-refractivity contribution in [1.29, 1.82) is 0 Å². The summed E-state index contributed by atoms with van der Waals surface area (Å²) in [7, 11) is 0. The van der Waals surface area contributed by atoms with Crippen LogP contribution in [0.15, 0.2) is 48.7 Å². The number of rotatable bonds is 6. The summed E-state index contributed by atoms with van der Waals surface area (Å²) in [5, 5.41) is 10.4. The Hall–Kier alpha value is -3.26. The van der Waals surface area contributed by atoms with Crippen molar-refractivity contribution >= 4 is 28.5 Å². The third kappa shape index (κ3) is 4.83. The maximum Gasteiger partial charge on any atom is 0.411 e. The lowest BCUT2D eigenvalue weighted by atomic mass is 9.89. The highest BCUT2D eigenvalue weighted by atomic mass is 19.1. The van der Waals surface area contributed by atoms with Gasteiger partial charge >= 0.3 is 6.09 Å². The highest BCUT2D eigenvalue weighted by Crippen LogP contribution is 2.22. The predicted octanol–water partition coefficient (Wildman–Crippen LogP) is 3.85. The van der Waals surface area contributed by atoms with E-state index in [1.165, 1.54) is 12.1 Å². The highest BCUT2D eigenvalue weighted by molar-refractivity contribution is 5.97. The number of nitrogens with zero attached hydrogens (tertiary/aromatic N) is 2. The minimum absolute atomic E-state index is 0.0474. The maximum atomic E-state index is 13.0. The SMILES string of the molecule is O=C(Nc1ccc2[nH]ncc2c1)OCCN1CCC(C(=O)c2ccc(F)cc2)CC1. The number of amides is 1. The largest absolute Gasteiger partial charge is 0.448 e. The molecule has 1 aliphatic rings. The monoisotopic (exact) mass is 410 g/mol. The number of aromatic amines is 1. The number of ether oxygens (including phenoxy) is 1. The van der Waals surface area contributed by atoms with Gasteiger partial charge < -0.3 is 4.74 Å². The number of carbonyl (C=O) groups excluding carboxylic acids is 2. The summed E-state index contributed by atoms with van der Waals surface area (Å²) in [6.07, 6.45) is 2.68. The number of carbonyl (C=O) groups is 2. The minimum atomic E-state index is -0.501. The van der Waals surface area contributed by atoms with E-state index in [0.29, 0.717) is 17.8 Å². The molecule has 156 valence electrons. The van der Waals surface area contributed by atoms with Crippen LogP contribution in [0.4, 0.5) is 14.9 Å². The fourth-order valence-corrected chi connectivity index (χ4v) is 3.71. The van der Waals surface area contributed by atoms with Crippen molar-refractivity contribution in [2.24, 2.45) is 5.92 Å². The Kier molecular flexibility index (Phi) is 6.04. The van der Waals surface area contributed by atoms with Crippen LogP contribution < -0.4 is 5.32 Å². The lowest BCUT2D eigenvalue weighted by Gasteiger charge is -2.31. The van der Waals surface area contributed by atoms with E-state index in [1.54, 1.807) is 24.4 Å². The van der Waals surface area contributed by atoms with Gasteiger partial charge in [-0.2, -0.15) is 5.10 Å². The molecular formula is C22H23FN4O3. The second-order valence-corrected chi connectivity index (χ2v) is 7.42. The molecule has 1 fully saturated rings. The molecule has 0 aliphatic carbocycles. The van der Waals surface area contributed by atoms with Crippen molar-refractivity contribution in [3.05, 3.63) is 60.0 Å². The first kappa shape index (κ1) is 20.0. The van der Waals surface area contributed by atoms with Crippen LogP contribution >= 0.6 is 0 Å². The van der Waals surface area contributed by atoms with Crippen molar-refractivity contribution in [3.63, 3.8) is 0 Å². The van der Waals surface area contributed by atoms with Gasteiger partial charge in [-0.3, -0.25) is 20.1 Å². The normalized spacial score (nSPS) is 15.2. The van der Waals surface area contributed by atoms with Crippen LogP contribution in [-0.4, -0.2) is 53.2 Å². The van der Waals surface area contributed by atoms with E-state index in [9.17, 15) is 14.0 Å². The molecule has 1 amide bonds. The van der Waals surface area contributed by atoms with E-state index < -0.39 is 6.09 Å². The van der Waals surface area contributed by atoms with E-state index in [4.69, 9.17) is 4.74 Å². The molecule has 2 N–H and O–H groups in total. The van der Waals surface area contributed by atoms with Crippen molar-refractivity contribution in [3.8, 4) is 0 Å². The van der Waals surface area contributed by atoms with Crippen molar-refractivity contribution < 1.29 is 18.7 Å². The summed E-state index contributed by atoms with van der Waals surface area (Å²) in [5.74, 6) is -0.318. The molecule has 3 aromatic rings. The van der Waals surface area contributed by atoms with Crippen LogP contribution in [0.3, 0.4) is 0 Å². The van der Waals surface area contributed by atoms with Crippen LogP contribution in [0.5, 0.6) is 0 Å². The van der Waals surface area contributed by atoms with Crippen LogP contribution in [0.1, 0.15) is 23.2 Å². The molecule has 7 nitrogen and oxygen atoms in total. The molecule has 0 saturated carbocycles. The number of hydrogen-bond acceptors (Lipinski definition) is 5. The number of likely N-dealkylation sites (tertiary alicyclic amines) is 1. The molecule has 30 heavy (non-hydrogen) atoms. The number of H-pyrrole nitrogens is 1. The number of hydrogen-bond donors (Lipinski definition) is 2. The molecule has 0 bridgehead atoms. The molecule has 1 aromatic heterocycles. The van der Waals surface area contributed by atoms with Gasteiger partial charge in [0.25, 0.3) is 0 Å². The fourth-order valence-electron chi connectivity index (χ4n) is 3.71. The summed E-state index contributed by atoms with van der Waals surface area (Å²) in [6.45, 7) is 2.42. The first-order chi connectivity index (χ1) is 14.6. The van der Waals surface area contributed by atoms with E-state index >= 15 is 0 Å². The fraction of sp³-hybridized carbons (Fsp3) is 0.318. The standard InChI is InChI=1S/C22H23FN4O3/c23-18-3-1-15(2-4-18)21(28)16-7-9-27(10-8-16)11-12-30-22(29)25-19-5-6-20-17(13-19)14-24-26-20/h1-6,13-14,16H,7-12H2,(H,24,26)(H,25,29). The summed E-state index contributed by atoms with van der Waals surface area (Å²) in [4.78, 5) is 26.7. The Bertz CT molecular complexity index is 1030. The van der Waals surface area contributed by atoms with Gasteiger partial charge in [-0.25, -0.2) is 9.18 Å². The summed E-state index contributed by atoms with van der Waals surface area (Å²) >= 11 is 0. The third-order valence-electron chi connectivity index (χ3n) is 5.41. The number of nitrogens with one attached hydrogen (secondary N) is 2. The summed E-state index contributed by atoms with van der Waals surface area (Å²) in [5.41, 5.74) is 2.10. The van der Waals surface area contributed by atoms with Crippen LogP contribution in [0.2, 0.25) is 0 Å². The lowest BCUT2D eigenvalue weighted by molar-refractivity contribution is 0.0813. The molecule has 0 unspecified atom stereocenters. The zero-order valence-electron chi connectivity index (χ0n) is 16.4. The molecule has 2 heterocycles.